The SMILES string of the molecule is C=CCN1C[C@H](C)N([C@@H](c2cccc(O)c2)c2cccc(C(=O)N(CC)CC)c2)C[C@H]1C. The maximum atomic E-state index is 13.0. The van der Waals surface area contributed by atoms with Crippen molar-refractivity contribution in [1.82, 2.24) is 14.7 Å². The van der Waals surface area contributed by atoms with Crippen LogP contribution in [0.2, 0.25) is 0 Å². The summed E-state index contributed by atoms with van der Waals surface area (Å²) in [5.41, 5.74) is 2.82. The first kappa shape index (κ1) is 24.0. The van der Waals surface area contributed by atoms with Gasteiger partial charge in [-0.2, -0.15) is 0 Å². The third kappa shape index (κ3) is 5.22. The highest BCUT2D eigenvalue weighted by Crippen LogP contribution is 2.35. The summed E-state index contributed by atoms with van der Waals surface area (Å²) < 4.78 is 0. The Kier molecular flexibility index (Phi) is 8.10. The van der Waals surface area contributed by atoms with E-state index in [2.05, 4.69) is 42.4 Å². The van der Waals surface area contributed by atoms with E-state index in [1.807, 2.05) is 55.2 Å². The van der Waals surface area contributed by atoms with Crippen LogP contribution in [0.1, 0.15) is 55.2 Å². The zero-order chi connectivity index (χ0) is 23.3. The van der Waals surface area contributed by atoms with Crippen molar-refractivity contribution in [2.45, 2.75) is 45.8 Å². The van der Waals surface area contributed by atoms with Crippen LogP contribution in [0.3, 0.4) is 0 Å². The van der Waals surface area contributed by atoms with Gasteiger partial charge in [-0.25, -0.2) is 0 Å². The first-order valence-corrected chi connectivity index (χ1v) is 11.7. The van der Waals surface area contributed by atoms with Gasteiger partial charge >= 0.3 is 0 Å². The Morgan fingerprint density at radius 2 is 1.75 bits per heavy atom. The molecule has 5 heteroatoms. The predicted molar refractivity (Wildman–Crippen MR) is 131 cm³/mol. The number of carbonyl (C=O) groups excluding carboxylic acids is 1. The van der Waals surface area contributed by atoms with Gasteiger partial charge in [0.15, 0.2) is 0 Å². The number of phenolic OH excluding ortho intramolecular Hbond substituents is 1. The van der Waals surface area contributed by atoms with Crippen molar-refractivity contribution in [3.63, 3.8) is 0 Å². The highest BCUT2D eigenvalue weighted by atomic mass is 16.3. The normalized spacial score (nSPS) is 20.6. The summed E-state index contributed by atoms with van der Waals surface area (Å²) in [6, 6.07) is 16.2. The fourth-order valence-corrected chi connectivity index (χ4v) is 4.81. The molecule has 1 fully saturated rings. The van der Waals surface area contributed by atoms with Crippen molar-refractivity contribution in [1.29, 1.82) is 0 Å². The summed E-state index contributed by atoms with van der Waals surface area (Å²) in [5.74, 6) is 0.317. The zero-order valence-corrected chi connectivity index (χ0v) is 19.9. The van der Waals surface area contributed by atoms with E-state index in [1.165, 1.54) is 0 Å². The van der Waals surface area contributed by atoms with Crippen LogP contribution in [0.25, 0.3) is 0 Å². The minimum atomic E-state index is -0.0464. The zero-order valence-electron chi connectivity index (χ0n) is 19.9. The molecule has 0 aliphatic carbocycles. The van der Waals surface area contributed by atoms with Crippen LogP contribution in [0.15, 0.2) is 61.2 Å². The number of benzene rings is 2. The lowest BCUT2D eigenvalue weighted by Crippen LogP contribution is -2.57. The van der Waals surface area contributed by atoms with Gasteiger partial charge in [-0.3, -0.25) is 14.6 Å². The molecule has 32 heavy (non-hydrogen) atoms. The van der Waals surface area contributed by atoms with E-state index in [0.717, 1.165) is 30.8 Å². The fraction of sp³-hybridized carbons (Fsp3) is 0.444. The molecule has 172 valence electrons. The Labute approximate surface area is 193 Å². The van der Waals surface area contributed by atoms with Gasteiger partial charge in [0.25, 0.3) is 5.91 Å². The lowest BCUT2D eigenvalue weighted by molar-refractivity contribution is 0.0306. The molecule has 3 atom stereocenters. The number of phenols is 1. The van der Waals surface area contributed by atoms with Crippen LogP contribution in [-0.2, 0) is 0 Å². The Morgan fingerprint density at radius 1 is 1.09 bits per heavy atom. The number of aromatic hydroxyl groups is 1. The molecule has 2 aromatic carbocycles. The van der Waals surface area contributed by atoms with Crippen molar-refractivity contribution in [3.8, 4) is 5.75 Å². The predicted octanol–water partition coefficient (Wildman–Crippen LogP) is 4.54. The van der Waals surface area contributed by atoms with Crippen molar-refractivity contribution in [2.75, 3.05) is 32.7 Å². The molecule has 1 N–H and O–H groups in total. The van der Waals surface area contributed by atoms with Gasteiger partial charge in [-0.1, -0.05) is 30.3 Å². The minimum Gasteiger partial charge on any atom is -0.508 e. The molecule has 1 saturated heterocycles. The van der Waals surface area contributed by atoms with Crippen molar-refractivity contribution in [2.24, 2.45) is 0 Å². The second-order valence-electron chi connectivity index (χ2n) is 8.74. The Hall–Kier alpha value is -2.63. The van der Waals surface area contributed by atoms with Crippen LogP contribution in [-0.4, -0.2) is 70.5 Å². The van der Waals surface area contributed by atoms with E-state index in [9.17, 15) is 9.90 Å². The number of nitrogens with zero attached hydrogens (tertiary/aromatic N) is 3. The van der Waals surface area contributed by atoms with Crippen LogP contribution in [0.4, 0.5) is 0 Å². The molecule has 2 aromatic rings. The number of rotatable bonds is 8. The third-order valence-corrected chi connectivity index (χ3v) is 6.54. The van der Waals surface area contributed by atoms with E-state index < -0.39 is 0 Å². The molecule has 3 rings (SSSR count). The molecule has 0 unspecified atom stereocenters. The second-order valence-corrected chi connectivity index (χ2v) is 8.74. The number of hydrogen-bond acceptors (Lipinski definition) is 4. The van der Waals surface area contributed by atoms with Crippen molar-refractivity contribution < 1.29 is 9.90 Å². The maximum absolute atomic E-state index is 13.0. The molecule has 0 aromatic heterocycles. The summed E-state index contributed by atoms with van der Waals surface area (Å²) in [6.07, 6.45) is 1.97. The van der Waals surface area contributed by atoms with Crippen LogP contribution < -0.4 is 0 Å². The van der Waals surface area contributed by atoms with Crippen LogP contribution >= 0.6 is 0 Å². The summed E-state index contributed by atoms with van der Waals surface area (Å²) in [6.45, 7) is 16.5. The fourth-order valence-electron chi connectivity index (χ4n) is 4.81. The van der Waals surface area contributed by atoms with Gasteiger partial charge < -0.3 is 10.0 Å². The highest BCUT2D eigenvalue weighted by Gasteiger charge is 2.34. The van der Waals surface area contributed by atoms with E-state index >= 15 is 0 Å². The molecule has 1 amide bonds. The van der Waals surface area contributed by atoms with Gasteiger partial charge in [0.05, 0.1) is 6.04 Å². The summed E-state index contributed by atoms with van der Waals surface area (Å²) in [7, 11) is 0. The maximum Gasteiger partial charge on any atom is 0.253 e. The summed E-state index contributed by atoms with van der Waals surface area (Å²) in [5, 5.41) is 10.2. The van der Waals surface area contributed by atoms with Crippen molar-refractivity contribution in [3.05, 3.63) is 77.9 Å². The summed E-state index contributed by atoms with van der Waals surface area (Å²) in [4.78, 5) is 19.8. The van der Waals surface area contributed by atoms with Gasteiger partial charge in [0, 0.05) is 50.4 Å². The van der Waals surface area contributed by atoms with E-state index in [-0.39, 0.29) is 17.7 Å². The smallest absolute Gasteiger partial charge is 0.253 e. The lowest BCUT2D eigenvalue weighted by Gasteiger charge is -2.47. The van der Waals surface area contributed by atoms with Crippen LogP contribution in [0, 0.1) is 0 Å². The average Bonchev–Trinajstić information content (AvgIpc) is 2.78. The van der Waals surface area contributed by atoms with Gasteiger partial charge in [0.1, 0.15) is 5.75 Å². The van der Waals surface area contributed by atoms with Gasteiger partial charge in [-0.15, -0.1) is 6.58 Å². The molecule has 0 spiro atoms. The van der Waals surface area contributed by atoms with Gasteiger partial charge in [-0.05, 0) is 63.1 Å². The number of piperazine rings is 1. The Balaban J connectivity index is 2.03. The highest BCUT2D eigenvalue weighted by molar-refractivity contribution is 5.94. The number of amides is 1. The molecule has 1 heterocycles. The molecular formula is C27H37N3O2. The second kappa shape index (κ2) is 10.8. The first-order chi connectivity index (χ1) is 15.4. The molecular weight excluding hydrogens is 398 g/mol. The Bertz CT molecular complexity index is 925. The van der Waals surface area contributed by atoms with Crippen molar-refractivity contribution >= 4 is 5.91 Å². The molecule has 0 saturated carbocycles. The van der Waals surface area contributed by atoms with E-state index in [1.54, 1.807) is 6.07 Å². The van der Waals surface area contributed by atoms with Crippen LogP contribution in [0.5, 0.6) is 5.75 Å². The number of carbonyl (C=O) groups is 1. The first-order valence-electron chi connectivity index (χ1n) is 11.7. The summed E-state index contributed by atoms with van der Waals surface area (Å²) >= 11 is 0. The average molecular weight is 436 g/mol. The molecule has 1 aliphatic heterocycles. The quantitative estimate of drug-likeness (QED) is 0.618. The largest absolute Gasteiger partial charge is 0.508 e. The minimum absolute atomic E-state index is 0.0464. The molecule has 5 nitrogen and oxygen atoms in total. The molecule has 0 radical (unpaired) electrons. The molecule has 1 aliphatic rings. The monoisotopic (exact) mass is 435 g/mol. The Morgan fingerprint density at radius 3 is 2.38 bits per heavy atom. The standard InChI is InChI=1S/C27H37N3O2/c1-6-15-29-18-21(5)30(19-20(29)4)26(23-12-10-14-25(31)17-23)22-11-9-13-24(16-22)27(32)28(7-2)8-3/h6,9-14,16-17,20-21,26,31H,1,7-8,15,18-19H2,2-5H3/t20-,21+,26-/m1/s1. The third-order valence-electron chi connectivity index (χ3n) is 6.54. The van der Waals surface area contributed by atoms with E-state index in [0.29, 0.717) is 30.7 Å². The topological polar surface area (TPSA) is 47.0 Å². The lowest BCUT2D eigenvalue weighted by atomic mass is 9.92. The van der Waals surface area contributed by atoms with Gasteiger partial charge in [0.2, 0.25) is 0 Å². The van der Waals surface area contributed by atoms with E-state index in [4.69, 9.17) is 0 Å². The number of hydrogen-bond donors (Lipinski definition) is 1. The molecule has 0 bridgehead atoms.